The zero-order valence-corrected chi connectivity index (χ0v) is 9.79. The van der Waals surface area contributed by atoms with Crippen molar-refractivity contribution in [1.82, 2.24) is 4.98 Å². The van der Waals surface area contributed by atoms with Gasteiger partial charge in [-0.15, -0.1) is 0 Å². The van der Waals surface area contributed by atoms with Crippen molar-refractivity contribution in [3.63, 3.8) is 0 Å². The van der Waals surface area contributed by atoms with Crippen LogP contribution in [0.1, 0.15) is 0 Å². The lowest BCUT2D eigenvalue weighted by Gasteiger charge is -2.11. The van der Waals surface area contributed by atoms with Crippen LogP contribution in [-0.4, -0.2) is 25.2 Å². The summed E-state index contributed by atoms with van der Waals surface area (Å²) in [5, 5.41) is 4.49. The number of sulfone groups is 1. The third-order valence-electron chi connectivity index (χ3n) is 2.11. The number of pyridine rings is 1. The SMILES string of the molecule is Nc1cnc(NC2C=CS(=O)(=O)C2)c(Cl)c1. The van der Waals surface area contributed by atoms with Crippen LogP contribution in [0.2, 0.25) is 5.02 Å². The summed E-state index contributed by atoms with van der Waals surface area (Å²) in [6, 6.07) is 1.27. The normalized spacial score (nSPS) is 22.2. The first-order valence-electron chi connectivity index (χ1n) is 4.55. The maximum atomic E-state index is 11.2. The van der Waals surface area contributed by atoms with Crippen molar-refractivity contribution in [1.29, 1.82) is 0 Å². The molecule has 0 aliphatic carbocycles. The molecule has 7 heteroatoms. The largest absolute Gasteiger partial charge is 0.397 e. The quantitative estimate of drug-likeness (QED) is 0.829. The molecular weight excluding hydrogens is 250 g/mol. The molecule has 1 aliphatic heterocycles. The van der Waals surface area contributed by atoms with E-state index in [0.717, 1.165) is 0 Å². The molecule has 2 rings (SSSR count). The van der Waals surface area contributed by atoms with E-state index in [4.69, 9.17) is 17.3 Å². The number of halogens is 1. The second-order valence-electron chi connectivity index (χ2n) is 3.51. The summed E-state index contributed by atoms with van der Waals surface area (Å²) < 4.78 is 22.3. The highest BCUT2D eigenvalue weighted by Crippen LogP contribution is 2.23. The minimum Gasteiger partial charge on any atom is -0.397 e. The molecule has 0 spiro atoms. The van der Waals surface area contributed by atoms with Crippen LogP contribution >= 0.6 is 11.6 Å². The van der Waals surface area contributed by atoms with Gasteiger partial charge in [0, 0.05) is 5.41 Å². The Balaban J connectivity index is 2.14. The molecule has 16 heavy (non-hydrogen) atoms. The number of nitrogens with two attached hydrogens (primary N) is 1. The summed E-state index contributed by atoms with van der Waals surface area (Å²) in [5.74, 6) is 0.456. The molecule has 0 amide bonds. The molecule has 1 aromatic heterocycles. The first-order chi connectivity index (χ1) is 7.46. The molecule has 1 aromatic rings. The fraction of sp³-hybridized carbons (Fsp3) is 0.222. The Bertz CT molecular complexity index is 542. The highest BCUT2D eigenvalue weighted by Gasteiger charge is 2.22. The predicted molar refractivity (Wildman–Crippen MR) is 64.0 cm³/mol. The van der Waals surface area contributed by atoms with Gasteiger partial charge < -0.3 is 11.1 Å². The molecule has 86 valence electrons. The van der Waals surface area contributed by atoms with Crippen LogP contribution in [0.15, 0.2) is 23.7 Å². The fourth-order valence-electron chi connectivity index (χ4n) is 1.40. The van der Waals surface area contributed by atoms with Crippen LogP contribution in [0.4, 0.5) is 11.5 Å². The lowest BCUT2D eigenvalue weighted by atomic mass is 10.3. The molecule has 1 unspecified atom stereocenters. The number of nitrogens with one attached hydrogen (secondary N) is 1. The van der Waals surface area contributed by atoms with E-state index in [0.29, 0.717) is 16.5 Å². The number of nitrogens with zero attached hydrogens (tertiary/aromatic N) is 1. The number of anilines is 2. The molecule has 3 N–H and O–H groups in total. The second-order valence-corrected chi connectivity index (χ2v) is 5.85. The minimum absolute atomic E-state index is 0.0232. The van der Waals surface area contributed by atoms with Crippen molar-refractivity contribution in [3.05, 3.63) is 28.8 Å². The van der Waals surface area contributed by atoms with E-state index >= 15 is 0 Å². The minimum atomic E-state index is -3.08. The molecule has 0 radical (unpaired) electrons. The molecule has 0 saturated carbocycles. The lowest BCUT2D eigenvalue weighted by molar-refractivity contribution is 0.605. The van der Waals surface area contributed by atoms with E-state index in [9.17, 15) is 8.42 Å². The summed E-state index contributed by atoms with van der Waals surface area (Å²) in [7, 11) is -3.08. The summed E-state index contributed by atoms with van der Waals surface area (Å²) in [5.41, 5.74) is 5.96. The van der Waals surface area contributed by atoms with Crippen LogP contribution in [0, 0.1) is 0 Å². The van der Waals surface area contributed by atoms with E-state index in [2.05, 4.69) is 10.3 Å². The topological polar surface area (TPSA) is 85.1 Å². The summed E-state index contributed by atoms with van der Waals surface area (Å²) >= 11 is 5.90. The molecule has 0 bridgehead atoms. The van der Waals surface area contributed by atoms with E-state index < -0.39 is 9.84 Å². The molecule has 1 aliphatic rings. The first kappa shape index (κ1) is 11.2. The van der Waals surface area contributed by atoms with Gasteiger partial charge in [-0.05, 0) is 12.1 Å². The summed E-state index contributed by atoms with van der Waals surface area (Å²) in [6.07, 6.45) is 3.03. The third-order valence-corrected chi connectivity index (χ3v) is 3.80. The smallest absolute Gasteiger partial charge is 0.173 e. The average Bonchev–Trinajstić information content (AvgIpc) is 2.51. The second kappa shape index (κ2) is 3.95. The van der Waals surface area contributed by atoms with E-state index in [1.807, 2.05) is 0 Å². The number of aromatic nitrogens is 1. The molecular formula is C9H10ClN3O2S. The van der Waals surface area contributed by atoms with Crippen LogP contribution in [0.3, 0.4) is 0 Å². The lowest BCUT2D eigenvalue weighted by Crippen LogP contribution is -2.21. The van der Waals surface area contributed by atoms with Gasteiger partial charge in [0.25, 0.3) is 0 Å². The van der Waals surface area contributed by atoms with Gasteiger partial charge in [0.15, 0.2) is 9.84 Å². The van der Waals surface area contributed by atoms with Crippen molar-refractivity contribution in [2.45, 2.75) is 6.04 Å². The van der Waals surface area contributed by atoms with Gasteiger partial charge in [-0.1, -0.05) is 11.6 Å². The molecule has 2 heterocycles. The molecule has 1 atom stereocenters. The monoisotopic (exact) mass is 259 g/mol. The van der Waals surface area contributed by atoms with Crippen molar-refractivity contribution in [2.24, 2.45) is 0 Å². The van der Waals surface area contributed by atoms with Crippen molar-refractivity contribution >= 4 is 32.9 Å². The van der Waals surface area contributed by atoms with Crippen molar-refractivity contribution in [2.75, 3.05) is 16.8 Å². The molecule has 0 aromatic carbocycles. The van der Waals surface area contributed by atoms with Gasteiger partial charge in [0.1, 0.15) is 5.82 Å². The van der Waals surface area contributed by atoms with Gasteiger partial charge in [0.05, 0.1) is 28.7 Å². The van der Waals surface area contributed by atoms with Crippen LogP contribution in [0.5, 0.6) is 0 Å². The molecule has 0 saturated heterocycles. The van der Waals surface area contributed by atoms with E-state index in [-0.39, 0.29) is 11.8 Å². The van der Waals surface area contributed by atoms with Crippen LogP contribution in [0.25, 0.3) is 0 Å². The van der Waals surface area contributed by atoms with Gasteiger partial charge in [-0.25, -0.2) is 13.4 Å². The fourth-order valence-corrected chi connectivity index (χ4v) is 2.86. The average molecular weight is 260 g/mol. The Kier molecular flexibility index (Phi) is 2.77. The maximum absolute atomic E-state index is 11.2. The van der Waals surface area contributed by atoms with Gasteiger partial charge in [0.2, 0.25) is 0 Å². The van der Waals surface area contributed by atoms with Crippen molar-refractivity contribution < 1.29 is 8.42 Å². The molecule has 0 fully saturated rings. The number of hydrogen-bond acceptors (Lipinski definition) is 5. The first-order valence-corrected chi connectivity index (χ1v) is 6.64. The zero-order valence-electron chi connectivity index (χ0n) is 8.22. The number of nitrogen functional groups attached to an aromatic ring is 1. The summed E-state index contributed by atoms with van der Waals surface area (Å²) in [6.45, 7) is 0. The standard InChI is InChI=1S/C9H10ClN3O2S/c10-8-3-6(11)4-12-9(8)13-7-1-2-16(14,15)5-7/h1-4,7H,5,11H2,(H,12,13). The maximum Gasteiger partial charge on any atom is 0.173 e. The highest BCUT2D eigenvalue weighted by molar-refractivity contribution is 7.94. The van der Waals surface area contributed by atoms with Gasteiger partial charge in [-0.2, -0.15) is 0 Å². The Morgan fingerprint density at radius 2 is 2.31 bits per heavy atom. The van der Waals surface area contributed by atoms with Gasteiger partial charge >= 0.3 is 0 Å². The number of hydrogen-bond donors (Lipinski definition) is 2. The zero-order chi connectivity index (χ0) is 11.8. The van der Waals surface area contributed by atoms with E-state index in [1.165, 1.54) is 11.6 Å². The Labute approximate surface area is 98.2 Å². The Morgan fingerprint density at radius 3 is 2.88 bits per heavy atom. The Morgan fingerprint density at radius 1 is 1.56 bits per heavy atom. The summed E-state index contributed by atoms with van der Waals surface area (Å²) in [4.78, 5) is 3.99. The molecule has 5 nitrogen and oxygen atoms in total. The van der Waals surface area contributed by atoms with Crippen LogP contribution < -0.4 is 11.1 Å². The predicted octanol–water partition coefficient (Wildman–Crippen LogP) is 1.04. The van der Waals surface area contributed by atoms with E-state index in [1.54, 1.807) is 12.1 Å². The third kappa shape index (κ3) is 2.45. The van der Waals surface area contributed by atoms with Crippen LogP contribution in [-0.2, 0) is 9.84 Å². The van der Waals surface area contributed by atoms with Gasteiger partial charge in [-0.3, -0.25) is 0 Å². The highest BCUT2D eigenvalue weighted by atomic mass is 35.5. The van der Waals surface area contributed by atoms with Crippen molar-refractivity contribution in [3.8, 4) is 0 Å². The Hall–Kier alpha value is -1.27. The number of rotatable bonds is 2.